The smallest absolute Gasteiger partial charge is 0.260 e. The average Bonchev–Trinajstić information content (AvgIpc) is 3.50. The summed E-state index contributed by atoms with van der Waals surface area (Å²) < 4.78 is 1.76. The molecule has 5 heterocycles. The number of nitrogens with zero attached hydrogens (tertiary/aromatic N) is 4. The first-order valence-corrected chi connectivity index (χ1v) is 15.8. The molecule has 3 aliphatic heterocycles. The summed E-state index contributed by atoms with van der Waals surface area (Å²) in [4.78, 5) is 25.5. The van der Waals surface area contributed by atoms with Crippen molar-refractivity contribution in [1.29, 1.82) is 0 Å². The molecule has 0 radical (unpaired) electrons. The van der Waals surface area contributed by atoms with Crippen LogP contribution in [0.4, 0.5) is 11.5 Å². The van der Waals surface area contributed by atoms with Gasteiger partial charge in [0.15, 0.2) is 6.29 Å². The van der Waals surface area contributed by atoms with Gasteiger partial charge in [0.1, 0.15) is 5.82 Å². The molecule has 7 rings (SSSR count). The first-order chi connectivity index (χ1) is 21.0. The molecule has 8 heteroatoms. The number of anilines is 2. The third-order valence-electron chi connectivity index (χ3n) is 9.28. The minimum atomic E-state index is -0.380. The SMILES string of the molecule is CCn1c2c(cc(-c3ccc(-c4ccc(C)nc4)cc3Cl)c1=O)C=NC(Nc1ccc(C3CCN4CCCC4C3)cc1)N2. The van der Waals surface area contributed by atoms with E-state index >= 15 is 0 Å². The maximum atomic E-state index is 13.7. The molecule has 0 amide bonds. The second-order valence-corrected chi connectivity index (χ2v) is 12.3. The minimum absolute atomic E-state index is 0.0906. The molecule has 43 heavy (non-hydrogen) atoms. The molecule has 7 nitrogen and oxygen atoms in total. The highest BCUT2D eigenvalue weighted by atomic mass is 35.5. The number of nitrogens with one attached hydrogen (secondary N) is 2. The second kappa shape index (κ2) is 11.6. The Labute approximate surface area is 257 Å². The monoisotopic (exact) mass is 592 g/mol. The quantitative estimate of drug-likeness (QED) is 0.249. The van der Waals surface area contributed by atoms with Crippen LogP contribution in [-0.4, -0.2) is 46.1 Å². The second-order valence-electron chi connectivity index (χ2n) is 11.9. The molecular weight excluding hydrogens is 556 g/mol. The van der Waals surface area contributed by atoms with E-state index in [1.807, 2.05) is 62.7 Å². The lowest BCUT2D eigenvalue weighted by Crippen LogP contribution is -2.37. The molecule has 2 saturated heterocycles. The lowest BCUT2D eigenvalue weighted by molar-refractivity contribution is 0.181. The van der Waals surface area contributed by atoms with Crippen LogP contribution in [0.5, 0.6) is 0 Å². The molecule has 3 unspecified atom stereocenters. The number of halogens is 1. The average molecular weight is 593 g/mol. The highest BCUT2D eigenvalue weighted by Crippen LogP contribution is 2.37. The number of rotatable bonds is 6. The van der Waals surface area contributed by atoms with Crippen molar-refractivity contribution in [3.8, 4) is 22.3 Å². The predicted octanol–water partition coefficient (Wildman–Crippen LogP) is 7.14. The molecule has 0 spiro atoms. The summed E-state index contributed by atoms with van der Waals surface area (Å²) >= 11 is 6.76. The van der Waals surface area contributed by atoms with Crippen molar-refractivity contribution in [2.75, 3.05) is 23.7 Å². The van der Waals surface area contributed by atoms with E-state index in [4.69, 9.17) is 16.6 Å². The fourth-order valence-electron chi connectivity index (χ4n) is 6.93. The molecule has 0 saturated carbocycles. The number of piperidine rings is 1. The molecule has 2 aromatic carbocycles. The van der Waals surface area contributed by atoms with Crippen molar-refractivity contribution in [2.45, 2.75) is 64.3 Å². The summed E-state index contributed by atoms with van der Waals surface area (Å²) in [5, 5.41) is 7.45. The number of aryl methyl sites for hydroxylation is 1. The maximum absolute atomic E-state index is 13.7. The number of benzene rings is 2. The molecule has 2 aromatic heterocycles. The van der Waals surface area contributed by atoms with Gasteiger partial charge >= 0.3 is 0 Å². The van der Waals surface area contributed by atoms with Crippen LogP contribution in [0.3, 0.4) is 0 Å². The Morgan fingerprint density at radius 3 is 2.60 bits per heavy atom. The fraction of sp³-hybridized carbons (Fsp3) is 0.343. The maximum Gasteiger partial charge on any atom is 0.260 e. The molecule has 0 aliphatic carbocycles. The van der Waals surface area contributed by atoms with Crippen LogP contribution in [-0.2, 0) is 6.54 Å². The molecule has 2 fully saturated rings. The van der Waals surface area contributed by atoms with Crippen LogP contribution in [0.2, 0.25) is 5.02 Å². The third kappa shape index (κ3) is 5.48. The van der Waals surface area contributed by atoms with Crippen molar-refractivity contribution in [1.82, 2.24) is 14.5 Å². The van der Waals surface area contributed by atoms with E-state index in [2.05, 4.69) is 44.8 Å². The van der Waals surface area contributed by atoms with Crippen molar-refractivity contribution >= 4 is 29.3 Å². The minimum Gasteiger partial charge on any atom is -0.347 e. The number of hydrogen-bond donors (Lipinski definition) is 2. The Kier molecular flexibility index (Phi) is 7.53. The van der Waals surface area contributed by atoms with Gasteiger partial charge in [-0.2, -0.15) is 0 Å². The van der Waals surface area contributed by atoms with Gasteiger partial charge in [0.2, 0.25) is 0 Å². The molecular formula is C35H37ClN6O. The van der Waals surface area contributed by atoms with Crippen LogP contribution in [0.1, 0.15) is 55.3 Å². The van der Waals surface area contributed by atoms with Crippen molar-refractivity contribution in [2.24, 2.45) is 4.99 Å². The Balaban J connectivity index is 1.09. The number of fused-ring (bicyclic) bond motifs is 2. The number of pyridine rings is 2. The lowest BCUT2D eigenvalue weighted by Gasteiger charge is -2.35. The highest BCUT2D eigenvalue weighted by molar-refractivity contribution is 6.33. The van der Waals surface area contributed by atoms with Crippen LogP contribution < -0.4 is 16.2 Å². The molecule has 4 aromatic rings. The topological polar surface area (TPSA) is 74.5 Å². The zero-order valence-electron chi connectivity index (χ0n) is 24.7. The number of hydrogen-bond acceptors (Lipinski definition) is 6. The first kappa shape index (κ1) is 27.9. The molecule has 2 N–H and O–H groups in total. The lowest BCUT2D eigenvalue weighted by atomic mass is 9.85. The van der Waals surface area contributed by atoms with E-state index in [9.17, 15) is 4.79 Å². The predicted molar refractivity (Wildman–Crippen MR) is 176 cm³/mol. The Morgan fingerprint density at radius 1 is 1.00 bits per heavy atom. The summed E-state index contributed by atoms with van der Waals surface area (Å²) in [5.41, 5.74) is 7.34. The number of aliphatic imine (C=N–C) groups is 1. The van der Waals surface area contributed by atoms with Gasteiger partial charge in [-0.05, 0) is 100.0 Å². The number of aromatic nitrogens is 2. The van der Waals surface area contributed by atoms with Crippen molar-refractivity contribution in [3.63, 3.8) is 0 Å². The van der Waals surface area contributed by atoms with Gasteiger partial charge in [0.25, 0.3) is 5.56 Å². The normalized spacial score (nSPS) is 21.2. The summed E-state index contributed by atoms with van der Waals surface area (Å²) in [6, 6.07) is 21.3. The zero-order valence-corrected chi connectivity index (χ0v) is 25.4. The van der Waals surface area contributed by atoms with E-state index in [1.54, 1.807) is 4.57 Å². The zero-order chi connectivity index (χ0) is 29.5. The van der Waals surface area contributed by atoms with E-state index in [1.165, 1.54) is 44.3 Å². The summed E-state index contributed by atoms with van der Waals surface area (Å²) in [6.45, 7) is 6.95. The third-order valence-corrected chi connectivity index (χ3v) is 9.59. The van der Waals surface area contributed by atoms with Gasteiger partial charge in [0.05, 0.1) is 0 Å². The summed E-state index contributed by atoms with van der Waals surface area (Å²) in [5.74, 6) is 1.39. The van der Waals surface area contributed by atoms with E-state index in [0.29, 0.717) is 28.6 Å². The Hall–Kier alpha value is -3.94. The highest BCUT2D eigenvalue weighted by Gasteiger charge is 2.32. The van der Waals surface area contributed by atoms with Gasteiger partial charge in [-0.3, -0.25) is 14.3 Å². The van der Waals surface area contributed by atoms with Crippen LogP contribution >= 0.6 is 11.6 Å². The van der Waals surface area contributed by atoms with Crippen LogP contribution in [0.25, 0.3) is 22.3 Å². The first-order valence-electron chi connectivity index (χ1n) is 15.4. The van der Waals surface area contributed by atoms with E-state index < -0.39 is 0 Å². The van der Waals surface area contributed by atoms with Gasteiger partial charge in [-0.15, -0.1) is 0 Å². The summed E-state index contributed by atoms with van der Waals surface area (Å²) in [7, 11) is 0. The standard InChI is InChI=1S/C35H37ClN6O/c1-3-42-33-27(18-31(34(42)43)30-13-10-24(19-32(30)36)26-7-6-22(2)37-20-26)21-38-35(40-33)39-28-11-8-23(9-12-28)25-14-16-41-15-4-5-29(41)17-25/h6-13,18-21,25,29,35,39-40H,3-5,14-17H2,1-2H3. The molecule has 3 atom stereocenters. The van der Waals surface area contributed by atoms with E-state index in [0.717, 1.165) is 39.9 Å². The van der Waals surface area contributed by atoms with Gasteiger partial charge in [0, 0.05) is 63.7 Å². The van der Waals surface area contributed by atoms with Crippen molar-refractivity contribution < 1.29 is 0 Å². The van der Waals surface area contributed by atoms with Crippen molar-refractivity contribution in [3.05, 3.63) is 99.1 Å². The Morgan fingerprint density at radius 2 is 1.84 bits per heavy atom. The van der Waals surface area contributed by atoms with Crippen LogP contribution in [0, 0.1) is 6.92 Å². The largest absolute Gasteiger partial charge is 0.347 e. The van der Waals surface area contributed by atoms with Crippen LogP contribution in [0.15, 0.2) is 76.6 Å². The summed E-state index contributed by atoms with van der Waals surface area (Å²) in [6.07, 6.45) is 8.50. The molecule has 3 aliphatic rings. The molecule has 0 bridgehead atoms. The van der Waals surface area contributed by atoms with Gasteiger partial charge < -0.3 is 15.5 Å². The molecule has 220 valence electrons. The Bertz CT molecular complexity index is 1730. The fourth-order valence-corrected chi connectivity index (χ4v) is 7.21. The van der Waals surface area contributed by atoms with Gasteiger partial charge in [-0.1, -0.05) is 41.9 Å². The van der Waals surface area contributed by atoms with Gasteiger partial charge in [-0.25, -0.2) is 4.99 Å². The van der Waals surface area contributed by atoms with E-state index in [-0.39, 0.29) is 11.8 Å².